The summed E-state index contributed by atoms with van der Waals surface area (Å²) in [7, 11) is 0. The molecule has 23 heavy (non-hydrogen) atoms. The predicted molar refractivity (Wildman–Crippen MR) is 86.8 cm³/mol. The lowest BCUT2D eigenvalue weighted by molar-refractivity contribution is -0.119. The topological polar surface area (TPSA) is 58.2 Å². The zero-order valence-electron chi connectivity index (χ0n) is 12.9. The summed E-state index contributed by atoms with van der Waals surface area (Å²) in [4.78, 5) is 24.0. The van der Waals surface area contributed by atoms with E-state index < -0.39 is 5.41 Å². The molecule has 2 amide bonds. The molecule has 1 aliphatic rings. The highest BCUT2D eigenvalue weighted by Gasteiger charge is 2.38. The van der Waals surface area contributed by atoms with Gasteiger partial charge in [-0.2, -0.15) is 0 Å². The van der Waals surface area contributed by atoms with Crippen LogP contribution in [0, 0.1) is 5.82 Å². The molecule has 1 aliphatic heterocycles. The van der Waals surface area contributed by atoms with Crippen LogP contribution in [0.3, 0.4) is 0 Å². The summed E-state index contributed by atoms with van der Waals surface area (Å²) in [6.45, 7) is 3.72. The predicted octanol–water partition coefficient (Wildman–Crippen LogP) is 3.24. The van der Waals surface area contributed by atoms with Gasteiger partial charge in [0.25, 0.3) is 0 Å². The summed E-state index contributed by atoms with van der Waals surface area (Å²) in [5.41, 5.74) is 2.47. The maximum absolute atomic E-state index is 12.9. The first-order valence-corrected chi connectivity index (χ1v) is 7.36. The minimum absolute atomic E-state index is 0.0413. The quantitative estimate of drug-likeness (QED) is 0.914. The molecule has 4 nitrogen and oxygen atoms in total. The van der Waals surface area contributed by atoms with Crippen LogP contribution in [0.5, 0.6) is 0 Å². The molecule has 118 valence electrons. The Kier molecular flexibility index (Phi) is 3.64. The second kappa shape index (κ2) is 5.50. The van der Waals surface area contributed by atoms with E-state index in [0.717, 1.165) is 16.8 Å². The van der Waals surface area contributed by atoms with Crippen LogP contribution in [-0.2, 0) is 21.4 Å². The van der Waals surface area contributed by atoms with Crippen molar-refractivity contribution >= 4 is 23.2 Å². The summed E-state index contributed by atoms with van der Waals surface area (Å²) >= 11 is 0. The third-order valence-corrected chi connectivity index (χ3v) is 4.07. The average Bonchev–Trinajstić information content (AvgIpc) is 2.72. The van der Waals surface area contributed by atoms with Gasteiger partial charge in [0.15, 0.2) is 0 Å². The van der Waals surface area contributed by atoms with Crippen molar-refractivity contribution in [3.8, 4) is 0 Å². The summed E-state index contributed by atoms with van der Waals surface area (Å²) in [5.74, 6) is -0.576. The number of carbonyl (C=O) groups excluding carboxylic acids is 2. The lowest BCUT2D eigenvalue weighted by Crippen LogP contribution is -2.27. The fraction of sp³-hybridized carbons (Fsp3) is 0.222. The summed E-state index contributed by atoms with van der Waals surface area (Å²) < 4.78 is 12.9. The van der Waals surface area contributed by atoms with Crippen LogP contribution in [0.25, 0.3) is 0 Å². The molecule has 2 N–H and O–H groups in total. The number of nitrogens with one attached hydrogen (secondary N) is 2. The van der Waals surface area contributed by atoms with Crippen LogP contribution in [0.15, 0.2) is 42.5 Å². The highest BCUT2D eigenvalue weighted by Crippen LogP contribution is 2.37. The first kappa shape index (κ1) is 15.2. The molecule has 5 heteroatoms. The van der Waals surface area contributed by atoms with Gasteiger partial charge >= 0.3 is 0 Å². The van der Waals surface area contributed by atoms with Crippen molar-refractivity contribution in [2.75, 3.05) is 10.6 Å². The molecule has 0 unspecified atom stereocenters. The minimum atomic E-state index is -0.598. The number of anilines is 2. The molecule has 0 radical (unpaired) electrons. The van der Waals surface area contributed by atoms with Gasteiger partial charge in [-0.15, -0.1) is 0 Å². The smallest absolute Gasteiger partial charge is 0.234 e. The molecule has 0 aromatic heterocycles. The monoisotopic (exact) mass is 312 g/mol. The van der Waals surface area contributed by atoms with Gasteiger partial charge in [0, 0.05) is 11.4 Å². The van der Waals surface area contributed by atoms with Crippen molar-refractivity contribution in [1.29, 1.82) is 0 Å². The Hall–Kier alpha value is -2.69. The molecule has 0 spiro atoms. The molecular weight excluding hydrogens is 295 g/mol. The second-order valence-corrected chi connectivity index (χ2v) is 6.19. The molecule has 0 atom stereocenters. The number of carbonyl (C=O) groups is 2. The fourth-order valence-electron chi connectivity index (χ4n) is 2.65. The number of halogens is 1. The molecule has 2 aromatic carbocycles. The number of amides is 2. The van der Waals surface area contributed by atoms with Gasteiger partial charge < -0.3 is 10.6 Å². The van der Waals surface area contributed by atoms with Crippen LogP contribution in [-0.4, -0.2) is 11.8 Å². The molecule has 0 saturated heterocycles. The fourth-order valence-corrected chi connectivity index (χ4v) is 2.65. The zero-order valence-corrected chi connectivity index (χ0v) is 12.9. The Labute approximate surface area is 133 Å². The van der Waals surface area contributed by atoms with E-state index in [2.05, 4.69) is 10.6 Å². The van der Waals surface area contributed by atoms with Crippen molar-refractivity contribution in [3.63, 3.8) is 0 Å². The average molecular weight is 312 g/mol. The standard InChI is InChI=1S/C18H17FN2O2/c1-18(2)14-9-11(3-8-15(14)21-17(18)23)10-16(22)20-13-6-4-12(19)5-7-13/h3-9H,10H2,1-2H3,(H,20,22)(H,21,23). The Bertz CT molecular complexity index is 782. The minimum Gasteiger partial charge on any atom is -0.326 e. The third-order valence-electron chi connectivity index (χ3n) is 4.07. The van der Waals surface area contributed by atoms with Gasteiger partial charge in [-0.1, -0.05) is 12.1 Å². The number of hydrogen-bond donors (Lipinski definition) is 2. The van der Waals surface area contributed by atoms with Crippen molar-refractivity contribution in [2.24, 2.45) is 0 Å². The van der Waals surface area contributed by atoms with Gasteiger partial charge in [-0.3, -0.25) is 9.59 Å². The van der Waals surface area contributed by atoms with E-state index >= 15 is 0 Å². The first-order chi connectivity index (χ1) is 10.9. The molecule has 1 heterocycles. The van der Waals surface area contributed by atoms with Gasteiger partial charge in [0.1, 0.15) is 5.82 Å². The number of rotatable bonds is 3. The third kappa shape index (κ3) is 2.95. The summed E-state index contributed by atoms with van der Waals surface area (Å²) in [5, 5.41) is 5.56. The van der Waals surface area contributed by atoms with Crippen molar-refractivity contribution in [1.82, 2.24) is 0 Å². The number of fused-ring (bicyclic) bond motifs is 1. The summed E-state index contributed by atoms with van der Waals surface area (Å²) in [6, 6.07) is 11.2. The van der Waals surface area contributed by atoms with Crippen molar-refractivity contribution < 1.29 is 14.0 Å². The maximum atomic E-state index is 12.9. The van der Waals surface area contributed by atoms with Gasteiger partial charge in [-0.25, -0.2) is 4.39 Å². The van der Waals surface area contributed by atoms with Crippen LogP contribution in [0.2, 0.25) is 0 Å². The largest absolute Gasteiger partial charge is 0.326 e. The molecule has 2 aromatic rings. The zero-order chi connectivity index (χ0) is 16.6. The highest BCUT2D eigenvalue weighted by atomic mass is 19.1. The summed E-state index contributed by atoms with van der Waals surface area (Å²) in [6.07, 6.45) is 0.189. The van der Waals surface area contributed by atoms with E-state index in [1.54, 1.807) is 0 Å². The SMILES string of the molecule is CC1(C)C(=O)Nc2ccc(CC(=O)Nc3ccc(F)cc3)cc21. The molecule has 3 rings (SSSR count). The van der Waals surface area contributed by atoms with Crippen LogP contribution >= 0.6 is 0 Å². The van der Waals surface area contributed by atoms with E-state index in [-0.39, 0.29) is 24.1 Å². The van der Waals surface area contributed by atoms with E-state index in [1.807, 2.05) is 32.0 Å². The van der Waals surface area contributed by atoms with Crippen molar-refractivity contribution in [2.45, 2.75) is 25.7 Å². The van der Waals surface area contributed by atoms with Gasteiger partial charge in [0.2, 0.25) is 11.8 Å². The lowest BCUT2D eigenvalue weighted by Gasteiger charge is -2.15. The van der Waals surface area contributed by atoms with Crippen LogP contribution in [0.1, 0.15) is 25.0 Å². The molecular formula is C18H17FN2O2. The van der Waals surface area contributed by atoms with E-state index in [4.69, 9.17) is 0 Å². The Morgan fingerprint density at radius 2 is 1.87 bits per heavy atom. The van der Waals surface area contributed by atoms with E-state index in [0.29, 0.717) is 5.69 Å². The maximum Gasteiger partial charge on any atom is 0.234 e. The Morgan fingerprint density at radius 3 is 2.57 bits per heavy atom. The normalized spacial score (nSPS) is 15.0. The molecule has 0 fully saturated rings. The van der Waals surface area contributed by atoms with Crippen LogP contribution in [0.4, 0.5) is 15.8 Å². The van der Waals surface area contributed by atoms with Gasteiger partial charge in [0.05, 0.1) is 11.8 Å². The molecule has 0 aliphatic carbocycles. The van der Waals surface area contributed by atoms with Crippen molar-refractivity contribution in [3.05, 3.63) is 59.4 Å². The number of hydrogen-bond acceptors (Lipinski definition) is 2. The Balaban J connectivity index is 1.74. The molecule has 0 bridgehead atoms. The van der Waals surface area contributed by atoms with Crippen LogP contribution < -0.4 is 10.6 Å². The first-order valence-electron chi connectivity index (χ1n) is 7.36. The van der Waals surface area contributed by atoms with E-state index in [1.165, 1.54) is 24.3 Å². The molecule has 0 saturated carbocycles. The number of benzene rings is 2. The second-order valence-electron chi connectivity index (χ2n) is 6.19. The van der Waals surface area contributed by atoms with Gasteiger partial charge in [-0.05, 0) is 55.3 Å². The lowest BCUT2D eigenvalue weighted by atomic mass is 9.85. The Morgan fingerprint density at radius 1 is 1.17 bits per heavy atom. The highest BCUT2D eigenvalue weighted by molar-refractivity contribution is 6.05. The van der Waals surface area contributed by atoms with E-state index in [9.17, 15) is 14.0 Å².